The minimum absolute atomic E-state index is 0.496. The number of hydrogen-bond donors (Lipinski definition) is 2. The number of anilines is 3. The van der Waals surface area contributed by atoms with Crippen molar-refractivity contribution >= 4 is 51.6 Å². The molecule has 1 heterocycles. The highest BCUT2D eigenvalue weighted by molar-refractivity contribution is 14.1. The highest BCUT2D eigenvalue weighted by atomic mass is 127. The second-order valence-corrected chi connectivity index (χ2v) is 5.21. The molecule has 6 heteroatoms. The zero-order valence-corrected chi connectivity index (χ0v) is 12.7. The van der Waals surface area contributed by atoms with Crippen LogP contribution in [0.3, 0.4) is 0 Å². The van der Waals surface area contributed by atoms with Crippen LogP contribution >= 0.6 is 34.2 Å². The molecule has 2 aromatic rings. The molecule has 0 radical (unpaired) electrons. The minimum atomic E-state index is 0.496. The Morgan fingerprint density at radius 3 is 2.67 bits per heavy atom. The fourth-order valence-electron chi connectivity index (χ4n) is 1.37. The van der Waals surface area contributed by atoms with Crippen LogP contribution in [0.1, 0.15) is 6.92 Å². The van der Waals surface area contributed by atoms with Crippen LogP contribution in [-0.4, -0.2) is 16.5 Å². The van der Waals surface area contributed by atoms with Gasteiger partial charge in [-0.1, -0.05) is 11.6 Å². The maximum atomic E-state index is 6.06. The first kappa shape index (κ1) is 13.4. The van der Waals surface area contributed by atoms with Crippen molar-refractivity contribution in [3.63, 3.8) is 0 Å². The Labute approximate surface area is 124 Å². The molecule has 94 valence electrons. The van der Waals surface area contributed by atoms with E-state index in [2.05, 4.69) is 43.2 Å². The van der Waals surface area contributed by atoms with Gasteiger partial charge in [-0.2, -0.15) is 4.98 Å². The molecule has 0 saturated heterocycles. The summed E-state index contributed by atoms with van der Waals surface area (Å²) in [4.78, 5) is 8.40. The van der Waals surface area contributed by atoms with Crippen molar-refractivity contribution in [1.82, 2.24) is 9.97 Å². The summed E-state index contributed by atoms with van der Waals surface area (Å²) < 4.78 is 1.18. The van der Waals surface area contributed by atoms with Crippen LogP contribution in [0.2, 0.25) is 5.02 Å². The van der Waals surface area contributed by atoms with Crippen LogP contribution < -0.4 is 10.6 Å². The van der Waals surface area contributed by atoms with Gasteiger partial charge in [0.15, 0.2) is 5.82 Å². The molecule has 0 bridgehead atoms. The lowest BCUT2D eigenvalue weighted by Gasteiger charge is -2.09. The smallest absolute Gasteiger partial charge is 0.224 e. The Morgan fingerprint density at radius 2 is 2.00 bits per heavy atom. The third-order valence-corrected chi connectivity index (χ3v) is 3.18. The largest absolute Gasteiger partial charge is 0.354 e. The Morgan fingerprint density at radius 1 is 1.28 bits per heavy atom. The van der Waals surface area contributed by atoms with E-state index >= 15 is 0 Å². The summed E-state index contributed by atoms with van der Waals surface area (Å²) in [6.45, 7) is 2.76. The number of hydrogen-bond acceptors (Lipinski definition) is 4. The third-order valence-electron chi connectivity index (χ3n) is 2.19. The van der Waals surface area contributed by atoms with Gasteiger partial charge in [0.25, 0.3) is 0 Å². The number of aromatic nitrogens is 2. The van der Waals surface area contributed by atoms with Gasteiger partial charge in [-0.3, -0.25) is 0 Å². The van der Waals surface area contributed by atoms with Crippen LogP contribution in [0.15, 0.2) is 30.5 Å². The van der Waals surface area contributed by atoms with E-state index in [-0.39, 0.29) is 0 Å². The maximum absolute atomic E-state index is 6.06. The van der Waals surface area contributed by atoms with Crippen LogP contribution in [0.25, 0.3) is 0 Å². The monoisotopic (exact) mass is 374 g/mol. The third kappa shape index (κ3) is 3.46. The Kier molecular flexibility index (Phi) is 4.60. The second-order valence-electron chi connectivity index (χ2n) is 3.55. The molecule has 0 fully saturated rings. The SMILES string of the molecule is CCNc1ncc(Cl)c(Nc2ccc(I)cc2)n1. The summed E-state index contributed by atoms with van der Waals surface area (Å²) in [6.07, 6.45) is 1.58. The summed E-state index contributed by atoms with van der Waals surface area (Å²) in [5.41, 5.74) is 0.943. The summed E-state index contributed by atoms with van der Waals surface area (Å²) in [7, 11) is 0. The first-order chi connectivity index (χ1) is 8.69. The predicted molar refractivity (Wildman–Crippen MR) is 83.6 cm³/mol. The summed E-state index contributed by atoms with van der Waals surface area (Å²) in [6, 6.07) is 7.99. The van der Waals surface area contributed by atoms with Crippen molar-refractivity contribution in [1.29, 1.82) is 0 Å². The van der Waals surface area contributed by atoms with Gasteiger partial charge in [0.2, 0.25) is 5.95 Å². The van der Waals surface area contributed by atoms with E-state index in [4.69, 9.17) is 11.6 Å². The van der Waals surface area contributed by atoms with E-state index in [9.17, 15) is 0 Å². The number of halogens is 2. The zero-order chi connectivity index (χ0) is 13.0. The van der Waals surface area contributed by atoms with Gasteiger partial charge in [0.1, 0.15) is 5.02 Å². The average molecular weight is 375 g/mol. The molecule has 0 aliphatic carbocycles. The van der Waals surface area contributed by atoms with E-state index in [0.29, 0.717) is 16.8 Å². The van der Waals surface area contributed by atoms with Gasteiger partial charge in [-0.05, 0) is 53.8 Å². The molecule has 0 unspecified atom stereocenters. The predicted octanol–water partition coefficient (Wildman–Crippen LogP) is 3.91. The lowest BCUT2D eigenvalue weighted by molar-refractivity contribution is 1.09. The van der Waals surface area contributed by atoms with Crippen molar-refractivity contribution in [3.05, 3.63) is 39.1 Å². The molecule has 1 aromatic heterocycles. The van der Waals surface area contributed by atoms with Crippen molar-refractivity contribution < 1.29 is 0 Å². The van der Waals surface area contributed by atoms with Crippen molar-refractivity contribution in [2.75, 3.05) is 17.2 Å². The molecule has 0 amide bonds. The molecule has 18 heavy (non-hydrogen) atoms. The lowest BCUT2D eigenvalue weighted by Crippen LogP contribution is -2.04. The van der Waals surface area contributed by atoms with Gasteiger partial charge < -0.3 is 10.6 Å². The molecule has 0 aliphatic heterocycles. The number of benzene rings is 1. The minimum Gasteiger partial charge on any atom is -0.354 e. The summed E-state index contributed by atoms with van der Waals surface area (Å²) in [5, 5.41) is 6.72. The van der Waals surface area contributed by atoms with E-state index in [0.717, 1.165) is 12.2 Å². The van der Waals surface area contributed by atoms with E-state index in [1.54, 1.807) is 6.20 Å². The fraction of sp³-hybridized carbons (Fsp3) is 0.167. The Balaban J connectivity index is 2.22. The van der Waals surface area contributed by atoms with Crippen LogP contribution in [-0.2, 0) is 0 Å². The Bertz CT molecular complexity index is 530. The molecule has 4 nitrogen and oxygen atoms in total. The Hall–Kier alpha value is -1.08. The highest BCUT2D eigenvalue weighted by Crippen LogP contribution is 2.23. The van der Waals surface area contributed by atoms with Gasteiger partial charge >= 0.3 is 0 Å². The second kappa shape index (κ2) is 6.19. The fourth-order valence-corrected chi connectivity index (χ4v) is 1.87. The van der Waals surface area contributed by atoms with Crippen molar-refractivity contribution in [3.8, 4) is 0 Å². The van der Waals surface area contributed by atoms with Crippen LogP contribution in [0.5, 0.6) is 0 Å². The molecule has 2 N–H and O–H groups in total. The number of nitrogens with zero attached hydrogens (tertiary/aromatic N) is 2. The zero-order valence-electron chi connectivity index (χ0n) is 9.74. The van der Waals surface area contributed by atoms with Gasteiger partial charge in [0, 0.05) is 15.8 Å². The molecule has 2 rings (SSSR count). The molecular weight excluding hydrogens is 363 g/mol. The molecule has 1 aromatic carbocycles. The van der Waals surface area contributed by atoms with Crippen LogP contribution in [0, 0.1) is 3.57 Å². The quantitative estimate of drug-likeness (QED) is 0.797. The van der Waals surface area contributed by atoms with E-state index in [1.165, 1.54) is 3.57 Å². The van der Waals surface area contributed by atoms with E-state index in [1.807, 2.05) is 31.2 Å². The van der Waals surface area contributed by atoms with E-state index < -0.39 is 0 Å². The topological polar surface area (TPSA) is 49.8 Å². The molecule has 0 atom stereocenters. The highest BCUT2D eigenvalue weighted by Gasteiger charge is 2.05. The van der Waals surface area contributed by atoms with Gasteiger partial charge in [-0.15, -0.1) is 0 Å². The molecule has 0 saturated carbocycles. The van der Waals surface area contributed by atoms with Crippen molar-refractivity contribution in [2.24, 2.45) is 0 Å². The normalized spacial score (nSPS) is 10.2. The first-order valence-electron chi connectivity index (χ1n) is 5.48. The number of rotatable bonds is 4. The van der Waals surface area contributed by atoms with Crippen molar-refractivity contribution in [2.45, 2.75) is 6.92 Å². The molecule has 0 spiro atoms. The molecule has 0 aliphatic rings. The average Bonchev–Trinajstić information content (AvgIpc) is 2.36. The standard InChI is InChI=1S/C12H12ClIN4/c1-2-15-12-16-7-10(13)11(18-12)17-9-5-3-8(14)4-6-9/h3-7H,2H2,1H3,(H2,15,16,17,18). The van der Waals surface area contributed by atoms with Gasteiger partial charge in [0.05, 0.1) is 6.20 Å². The van der Waals surface area contributed by atoms with Crippen LogP contribution in [0.4, 0.5) is 17.5 Å². The summed E-state index contributed by atoms with van der Waals surface area (Å²) in [5.74, 6) is 1.17. The lowest BCUT2D eigenvalue weighted by atomic mass is 10.3. The molecular formula is C12H12ClIN4. The maximum Gasteiger partial charge on any atom is 0.224 e. The first-order valence-corrected chi connectivity index (χ1v) is 6.93. The number of nitrogens with one attached hydrogen (secondary N) is 2. The summed E-state index contributed by atoms with van der Waals surface area (Å²) >= 11 is 8.32. The van der Waals surface area contributed by atoms with Gasteiger partial charge in [-0.25, -0.2) is 4.98 Å².